The molecule has 0 aliphatic carbocycles. The minimum Gasteiger partial charge on any atom is -0.466 e. The summed E-state index contributed by atoms with van der Waals surface area (Å²) in [4.78, 5) is 13.0. The lowest BCUT2D eigenvalue weighted by molar-refractivity contribution is -0.139. The molecule has 1 aliphatic rings. The number of halogens is 5. The summed E-state index contributed by atoms with van der Waals surface area (Å²) in [6.07, 6.45) is -4.90. The summed E-state index contributed by atoms with van der Waals surface area (Å²) in [7, 11) is 2.03. The fourth-order valence-corrected chi connectivity index (χ4v) is 3.15. The maximum absolute atomic E-state index is 13.7. The lowest BCUT2D eigenvalue weighted by atomic mass is 9.80. The van der Waals surface area contributed by atoms with E-state index >= 15 is 0 Å². The average Bonchev–Trinajstić information content (AvgIpc) is 2.55. The largest absolute Gasteiger partial charge is 0.466 e. The highest BCUT2D eigenvalue weighted by Gasteiger charge is 2.48. The zero-order valence-electron chi connectivity index (χ0n) is 13.9. The standard InChI is InChI=1S/C17H13ClF4N2O2/c1-8-11(7-23)13(10-5-4-9(19)6-12(10)18)14(16(25)26-3)15(24(8)2)17(20,21)22/h4-6,13H,1-3H3. The Morgan fingerprint density at radius 1 is 1.38 bits per heavy atom. The molecule has 0 aromatic heterocycles. The maximum atomic E-state index is 13.7. The first kappa shape index (κ1) is 19.8. The number of nitrogens with zero attached hydrogens (tertiary/aromatic N) is 2. The van der Waals surface area contributed by atoms with Gasteiger partial charge in [-0.05, 0) is 24.6 Å². The quantitative estimate of drug-likeness (QED) is 0.560. The van der Waals surface area contributed by atoms with Crippen LogP contribution in [0.5, 0.6) is 0 Å². The third kappa shape index (κ3) is 3.27. The zero-order chi connectivity index (χ0) is 19.8. The van der Waals surface area contributed by atoms with E-state index in [1.807, 2.05) is 6.07 Å². The Morgan fingerprint density at radius 3 is 2.46 bits per heavy atom. The van der Waals surface area contributed by atoms with Crippen LogP contribution >= 0.6 is 11.6 Å². The monoisotopic (exact) mass is 388 g/mol. The van der Waals surface area contributed by atoms with Crippen molar-refractivity contribution in [3.8, 4) is 6.07 Å². The second-order valence-electron chi connectivity index (χ2n) is 5.52. The number of carbonyl (C=O) groups excluding carboxylic acids is 1. The van der Waals surface area contributed by atoms with Crippen LogP contribution < -0.4 is 0 Å². The summed E-state index contributed by atoms with van der Waals surface area (Å²) in [6.45, 7) is 1.32. The van der Waals surface area contributed by atoms with Crippen LogP contribution in [-0.2, 0) is 9.53 Å². The van der Waals surface area contributed by atoms with Gasteiger partial charge < -0.3 is 9.64 Å². The number of alkyl halides is 3. The molecule has 1 unspecified atom stereocenters. The van der Waals surface area contributed by atoms with Crippen molar-refractivity contribution < 1.29 is 27.1 Å². The zero-order valence-corrected chi connectivity index (χ0v) is 14.7. The van der Waals surface area contributed by atoms with E-state index in [1.54, 1.807) is 0 Å². The Hall–Kier alpha value is -2.53. The van der Waals surface area contributed by atoms with Crippen molar-refractivity contribution in [2.75, 3.05) is 14.2 Å². The van der Waals surface area contributed by atoms with Crippen LogP contribution in [0.1, 0.15) is 18.4 Å². The first-order chi connectivity index (χ1) is 12.0. The number of hydrogen-bond acceptors (Lipinski definition) is 4. The molecule has 1 atom stereocenters. The lowest BCUT2D eigenvalue weighted by Crippen LogP contribution is -2.37. The molecule has 0 bridgehead atoms. The third-order valence-corrected chi connectivity index (χ3v) is 4.46. The molecule has 0 radical (unpaired) electrons. The Kier molecular flexibility index (Phi) is 5.33. The van der Waals surface area contributed by atoms with Gasteiger partial charge in [0.05, 0.1) is 30.2 Å². The highest BCUT2D eigenvalue weighted by Crippen LogP contribution is 2.47. The van der Waals surface area contributed by atoms with E-state index in [0.717, 1.165) is 37.3 Å². The van der Waals surface area contributed by atoms with E-state index in [1.165, 1.54) is 6.92 Å². The van der Waals surface area contributed by atoms with Gasteiger partial charge in [0.15, 0.2) is 0 Å². The summed E-state index contributed by atoms with van der Waals surface area (Å²) in [5, 5.41) is 9.30. The van der Waals surface area contributed by atoms with Crippen LogP contribution in [-0.4, -0.2) is 31.2 Å². The van der Waals surface area contributed by atoms with Crippen LogP contribution in [0.3, 0.4) is 0 Å². The van der Waals surface area contributed by atoms with E-state index in [4.69, 9.17) is 11.6 Å². The molecule has 26 heavy (non-hydrogen) atoms. The van der Waals surface area contributed by atoms with Crippen molar-refractivity contribution in [2.24, 2.45) is 0 Å². The number of allylic oxidation sites excluding steroid dienone is 3. The van der Waals surface area contributed by atoms with Crippen LogP contribution in [0.2, 0.25) is 5.02 Å². The molecule has 0 saturated heterocycles. The normalized spacial score (nSPS) is 18.1. The van der Waals surface area contributed by atoms with E-state index in [2.05, 4.69) is 4.74 Å². The van der Waals surface area contributed by atoms with E-state index in [0.29, 0.717) is 0 Å². The molecule has 1 aromatic rings. The molecule has 2 rings (SSSR count). The molecule has 1 aliphatic heterocycles. The average molecular weight is 389 g/mol. The van der Waals surface area contributed by atoms with E-state index in [-0.39, 0.29) is 21.9 Å². The minimum atomic E-state index is -4.90. The molecule has 9 heteroatoms. The maximum Gasteiger partial charge on any atom is 0.432 e. The molecule has 138 valence electrons. The summed E-state index contributed by atoms with van der Waals surface area (Å²) in [6, 6.07) is 4.88. The Balaban J connectivity index is 2.92. The number of hydrogen-bond donors (Lipinski definition) is 0. The molecule has 0 spiro atoms. The molecule has 4 nitrogen and oxygen atoms in total. The van der Waals surface area contributed by atoms with Crippen LogP contribution in [0, 0.1) is 17.1 Å². The molecular formula is C17H13ClF4N2O2. The van der Waals surface area contributed by atoms with Gasteiger partial charge in [-0.3, -0.25) is 0 Å². The smallest absolute Gasteiger partial charge is 0.432 e. The number of rotatable bonds is 2. The Labute approximate surface area is 151 Å². The first-order valence-corrected chi connectivity index (χ1v) is 7.61. The minimum absolute atomic E-state index is 0.000725. The lowest BCUT2D eigenvalue weighted by Gasteiger charge is -2.36. The van der Waals surface area contributed by atoms with Crippen molar-refractivity contribution in [3.05, 3.63) is 57.1 Å². The molecule has 0 amide bonds. The molecule has 0 N–H and O–H groups in total. The SMILES string of the molecule is COC(=O)C1=C(C(F)(F)F)N(C)C(C)=C(C#N)C1c1ccc(F)cc1Cl. The fourth-order valence-electron chi connectivity index (χ4n) is 2.88. The highest BCUT2D eigenvalue weighted by molar-refractivity contribution is 6.31. The van der Waals surface area contributed by atoms with Gasteiger partial charge in [-0.1, -0.05) is 17.7 Å². The van der Waals surface area contributed by atoms with Gasteiger partial charge in [0, 0.05) is 17.8 Å². The fraction of sp³-hybridized carbons (Fsp3) is 0.294. The summed E-state index contributed by atoms with van der Waals surface area (Å²) in [5.41, 5.74) is -2.16. The second kappa shape index (κ2) is 7.00. The molecule has 0 fully saturated rings. The van der Waals surface area contributed by atoms with Gasteiger partial charge >= 0.3 is 12.1 Å². The van der Waals surface area contributed by atoms with Gasteiger partial charge in [-0.25, -0.2) is 9.18 Å². The number of methoxy groups -OCH3 is 1. The van der Waals surface area contributed by atoms with Gasteiger partial charge in [0.25, 0.3) is 0 Å². The number of esters is 1. The van der Waals surface area contributed by atoms with Crippen molar-refractivity contribution in [1.82, 2.24) is 4.90 Å². The van der Waals surface area contributed by atoms with Crippen molar-refractivity contribution >= 4 is 17.6 Å². The number of carbonyl (C=O) groups is 1. The predicted octanol–water partition coefficient (Wildman–Crippen LogP) is 4.30. The Bertz CT molecular complexity index is 868. The number of ether oxygens (including phenoxy) is 1. The summed E-state index contributed by atoms with van der Waals surface area (Å²) in [5.74, 6) is -3.39. The van der Waals surface area contributed by atoms with Crippen molar-refractivity contribution in [2.45, 2.75) is 19.0 Å². The van der Waals surface area contributed by atoms with Crippen molar-refractivity contribution in [1.29, 1.82) is 5.26 Å². The van der Waals surface area contributed by atoms with Crippen molar-refractivity contribution in [3.63, 3.8) is 0 Å². The van der Waals surface area contributed by atoms with Crippen LogP contribution in [0.25, 0.3) is 0 Å². The molecule has 1 aromatic carbocycles. The van der Waals surface area contributed by atoms with Crippen LogP contribution in [0.15, 0.2) is 40.7 Å². The topological polar surface area (TPSA) is 53.3 Å². The number of benzene rings is 1. The molecule has 0 saturated carbocycles. The molecule has 1 heterocycles. The van der Waals surface area contributed by atoms with Gasteiger partial charge in [-0.2, -0.15) is 18.4 Å². The molecular weight excluding hydrogens is 376 g/mol. The second-order valence-corrected chi connectivity index (χ2v) is 5.93. The summed E-state index contributed by atoms with van der Waals surface area (Å²) < 4.78 is 59.0. The van der Waals surface area contributed by atoms with E-state index in [9.17, 15) is 27.6 Å². The van der Waals surface area contributed by atoms with Crippen LogP contribution in [0.4, 0.5) is 17.6 Å². The summed E-state index contributed by atoms with van der Waals surface area (Å²) >= 11 is 6.00. The predicted molar refractivity (Wildman–Crippen MR) is 85.3 cm³/mol. The van der Waals surface area contributed by atoms with Gasteiger partial charge in [-0.15, -0.1) is 0 Å². The van der Waals surface area contributed by atoms with Gasteiger partial charge in [0.1, 0.15) is 11.5 Å². The first-order valence-electron chi connectivity index (χ1n) is 7.23. The van der Waals surface area contributed by atoms with Gasteiger partial charge in [0.2, 0.25) is 0 Å². The Morgan fingerprint density at radius 2 is 2.00 bits per heavy atom. The third-order valence-electron chi connectivity index (χ3n) is 4.13. The number of nitriles is 1. The highest BCUT2D eigenvalue weighted by atomic mass is 35.5. The van der Waals surface area contributed by atoms with E-state index < -0.39 is 35.2 Å².